The predicted molar refractivity (Wildman–Crippen MR) is 124 cm³/mol. The van der Waals surface area contributed by atoms with Crippen molar-refractivity contribution in [1.82, 2.24) is 19.7 Å². The smallest absolute Gasteiger partial charge is 0.237 e. The van der Waals surface area contributed by atoms with E-state index in [-0.39, 0.29) is 5.91 Å². The maximum absolute atomic E-state index is 12.8. The molecule has 1 atom stereocenters. The first-order valence-electron chi connectivity index (χ1n) is 9.71. The van der Waals surface area contributed by atoms with Crippen LogP contribution >= 0.6 is 23.4 Å². The molecule has 2 heterocycles. The predicted octanol–water partition coefficient (Wildman–Crippen LogP) is 5.16. The molecule has 1 unspecified atom stereocenters. The molecule has 0 radical (unpaired) electrons. The standard InChI is InChI=1S/C23H20ClN5OS/c1-16(22(30)26-20-10-6-5-9-19(20)24)31-23-28-27-21(18-11-13-25-14-12-18)29(23)15-17-7-3-2-4-8-17/h2-14,16H,15H2,1H3,(H,26,30). The average molecular weight is 450 g/mol. The lowest BCUT2D eigenvalue weighted by molar-refractivity contribution is -0.115. The van der Waals surface area contributed by atoms with Crippen LogP contribution in [-0.4, -0.2) is 30.9 Å². The molecule has 8 heteroatoms. The minimum absolute atomic E-state index is 0.155. The maximum Gasteiger partial charge on any atom is 0.237 e. The SMILES string of the molecule is CC(Sc1nnc(-c2ccncc2)n1Cc1ccccc1)C(=O)Nc1ccccc1Cl. The highest BCUT2D eigenvalue weighted by molar-refractivity contribution is 8.00. The molecule has 4 aromatic rings. The molecule has 31 heavy (non-hydrogen) atoms. The topological polar surface area (TPSA) is 72.7 Å². The highest BCUT2D eigenvalue weighted by Gasteiger charge is 2.21. The van der Waals surface area contributed by atoms with E-state index in [4.69, 9.17) is 11.6 Å². The second kappa shape index (κ2) is 9.76. The van der Waals surface area contributed by atoms with Gasteiger partial charge in [-0.2, -0.15) is 0 Å². The first-order chi connectivity index (χ1) is 15.1. The van der Waals surface area contributed by atoms with Crippen molar-refractivity contribution < 1.29 is 4.79 Å². The fourth-order valence-corrected chi connectivity index (χ4v) is 4.04. The number of nitrogens with zero attached hydrogens (tertiary/aromatic N) is 4. The Morgan fingerprint density at radius 3 is 2.48 bits per heavy atom. The number of rotatable bonds is 7. The zero-order valence-electron chi connectivity index (χ0n) is 16.8. The fourth-order valence-electron chi connectivity index (χ4n) is 3.01. The van der Waals surface area contributed by atoms with Crippen molar-refractivity contribution in [1.29, 1.82) is 0 Å². The van der Waals surface area contributed by atoms with E-state index in [0.29, 0.717) is 22.4 Å². The number of thioether (sulfide) groups is 1. The lowest BCUT2D eigenvalue weighted by Crippen LogP contribution is -2.23. The Kier molecular flexibility index (Phi) is 6.64. The Morgan fingerprint density at radius 2 is 1.74 bits per heavy atom. The molecule has 0 saturated carbocycles. The van der Waals surface area contributed by atoms with Gasteiger partial charge in [0, 0.05) is 18.0 Å². The summed E-state index contributed by atoms with van der Waals surface area (Å²) in [5.41, 5.74) is 2.62. The van der Waals surface area contributed by atoms with Gasteiger partial charge in [0.25, 0.3) is 0 Å². The Labute approximate surface area is 189 Å². The molecule has 6 nitrogen and oxygen atoms in total. The monoisotopic (exact) mass is 449 g/mol. The molecule has 4 rings (SSSR count). The molecular formula is C23H20ClN5OS. The van der Waals surface area contributed by atoms with E-state index in [1.807, 2.05) is 54.0 Å². The van der Waals surface area contributed by atoms with Crippen molar-refractivity contribution in [2.75, 3.05) is 5.32 Å². The number of anilines is 1. The van der Waals surface area contributed by atoms with Gasteiger partial charge in [-0.05, 0) is 36.8 Å². The lowest BCUT2D eigenvalue weighted by atomic mass is 10.2. The lowest BCUT2D eigenvalue weighted by Gasteiger charge is -2.14. The van der Waals surface area contributed by atoms with Gasteiger partial charge in [-0.1, -0.05) is 65.8 Å². The van der Waals surface area contributed by atoms with Crippen LogP contribution in [-0.2, 0) is 11.3 Å². The minimum atomic E-state index is -0.403. The normalized spacial score (nSPS) is 11.8. The van der Waals surface area contributed by atoms with Crippen molar-refractivity contribution in [3.63, 3.8) is 0 Å². The Bertz CT molecular complexity index is 1170. The van der Waals surface area contributed by atoms with E-state index in [2.05, 4.69) is 32.6 Å². The molecule has 0 bridgehead atoms. The molecule has 2 aromatic heterocycles. The molecule has 1 N–H and O–H groups in total. The van der Waals surface area contributed by atoms with Crippen LogP contribution in [0.15, 0.2) is 84.3 Å². The fraction of sp³-hybridized carbons (Fsp3) is 0.130. The molecule has 0 aliphatic rings. The molecule has 0 spiro atoms. The van der Waals surface area contributed by atoms with E-state index >= 15 is 0 Å². The number of nitrogens with one attached hydrogen (secondary N) is 1. The first kappa shape index (κ1) is 21.1. The van der Waals surface area contributed by atoms with Crippen molar-refractivity contribution >= 4 is 35.0 Å². The van der Waals surface area contributed by atoms with Crippen LogP contribution in [0.3, 0.4) is 0 Å². The summed E-state index contributed by atoms with van der Waals surface area (Å²) >= 11 is 7.52. The summed E-state index contributed by atoms with van der Waals surface area (Å²) in [5, 5.41) is 12.4. The number of para-hydroxylation sites is 1. The average Bonchev–Trinajstić information content (AvgIpc) is 3.18. The number of pyridine rings is 1. The summed E-state index contributed by atoms with van der Waals surface area (Å²) in [6, 6.07) is 21.0. The molecular weight excluding hydrogens is 430 g/mol. The van der Waals surface area contributed by atoms with Crippen LogP contribution < -0.4 is 5.32 Å². The van der Waals surface area contributed by atoms with E-state index in [1.54, 1.807) is 24.5 Å². The number of aromatic nitrogens is 4. The summed E-state index contributed by atoms with van der Waals surface area (Å²) in [5.74, 6) is 0.574. The van der Waals surface area contributed by atoms with E-state index in [0.717, 1.165) is 17.0 Å². The van der Waals surface area contributed by atoms with Gasteiger partial charge in [-0.15, -0.1) is 10.2 Å². The van der Waals surface area contributed by atoms with Gasteiger partial charge < -0.3 is 5.32 Å². The summed E-state index contributed by atoms with van der Waals surface area (Å²) in [4.78, 5) is 16.8. The number of hydrogen-bond donors (Lipinski definition) is 1. The van der Waals surface area contributed by atoms with Gasteiger partial charge in [0.05, 0.1) is 22.5 Å². The van der Waals surface area contributed by atoms with E-state index in [1.165, 1.54) is 11.8 Å². The number of hydrogen-bond acceptors (Lipinski definition) is 5. The molecule has 2 aromatic carbocycles. The number of carbonyl (C=O) groups excluding carboxylic acids is 1. The second-order valence-corrected chi connectivity index (χ2v) is 8.56. The number of carbonyl (C=O) groups is 1. The van der Waals surface area contributed by atoms with Crippen LogP contribution in [0.1, 0.15) is 12.5 Å². The van der Waals surface area contributed by atoms with Crippen LogP contribution in [0, 0.1) is 0 Å². The van der Waals surface area contributed by atoms with E-state index < -0.39 is 5.25 Å². The highest BCUT2D eigenvalue weighted by atomic mass is 35.5. The van der Waals surface area contributed by atoms with Gasteiger partial charge in [0.2, 0.25) is 5.91 Å². The zero-order chi connectivity index (χ0) is 21.6. The van der Waals surface area contributed by atoms with Crippen LogP contribution in [0.25, 0.3) is 11.4 Å². The van der Waals surface area contributed by atoms with Crippen LogP contribution in [0.5, 0.6) is 0 Å². The Hall–Kier alpha value is -3.16. The molecule has 0 fully saturated rings. The second-order valence-electron chi connectivity index (χ2n) is 6.84. The van der Waals surface area contributed by atoms with E-state index in [9.17, 15) is 4.79 Å². The highest BCUT2D eigenvalue weighted by Crippen LogP contribution is 2.29. The number of amides is 1. The van der Waals surface area contributed by atoms with Gasteiger partial charge >= 0.3 is 0 Å². The quantitative estimate of drug-likeness (QED) is 0.394. The third-order valence-electron chi connectivity index (χ3n) is 4.62. The third kappa shape index (κ3) is 5.13. The number of halogens is 1. The molecule has 0 aliphatic carbocycles. The van der Waals surface area contributed by atoms with Crippen molar-refractivity contribution in [2.24, 2.45) is 0 Å². The molecule has 0 saturated heterocycles. The summed E-state index contributed by atoms with van der Waals surface area (Å²) in [6.07, 6.45) is 3.45. The third-order valence-corrected chi connectivity index (χ3v) is 6.03. The number of benzene rings is 2. The largest absolute Gasteiger partial charge is 0.324 e. The maximum atomic E-state index is 12.8. The van der Waals surface area contributed by atoms with Crippen molar-refractivity contribution in [3.8, 4) is 11.4 Å². The Balaban J connectivity index is 1.59. The summed E-state index contributed by atoms with van der Waals surface area (Å²) in [7, 11) is 0. The van der Waals surface area contributed by atoms with Gasteiger partial charge in [0.1, 0.15) is 0 Å². The minimum Gasteiger partial charge on any atom is -0.324 e. The molecule has 156 valence electrons. The summed E-state index contributed by atoms with van der Waals surface area (Å²) < 4.78 is 2.02. The Morgan fingerprint density at radius 1 is 1.03 bits per heavy atom. The van der Waals surface area contributed by atoms with Crippen LogP contribution in [0.2, 0.25) is 5.02 Å². The zero-order valence-corrected chi connectivity index (χ0v) is 18.3. The summed E-state index contributed by atoms with van der Waals surface area (Å²) in [6.45, 7) is 2.43. The van der Waals surface area contributed by atoms with Crippen molar-refractivity contribution in [2.45, 2.75) is 23.9 Å². The van der Waals surface area contributed by atoms with Gasteiger partial charge in [-0.3, -0.25) is 14.3 Å². The molecule has 0 aliphatic heterocycles. The van der Waals surface area contributed by atoms with Crippen molar-refractivity contribution in [3.05, 3.63) is 89.7 Å². The molecule has 1 amide bonds. The first-order valence-corrected chi connectivity index (χ1v) is 11.0. The van der Waals surface area contributed by atoms with Crippen LogP contribution in [0.4, 0.5) is 5.69 Å². The van der Waals surface area contributed by atoms with Gasteiger partial charge in [0.15, 0.2) is 11.0 Å². The van der Waals surface area contributed by atoms with Gasteiger partial charge in [-0.25, -0.2) is 0 Å².